The van der Waals surface area contributed by atoms with E-state index in [-0.39, 0.29) is 12.5 Å². The number of aryl methyl sites for hydroxylation is 2. The van der Waals surface area contributed by atoms with E-state index in [2.05, 4.69) is 5.32 Å². The molecule has 7 heteroatoms. The Morgan fingerprint density at radius 2 is 1.57 bits per heavy atom. The Bertz CT molecular complexity index is 1160. The second kappa shape index (κ2) is 8.90. The average Bonchev–Trinajstić information content (AvgIpc) is 2.69. The van der Waals surface area contributed by atoms with Gasteiger partial charge in [-0.2, -0.15) is 0 Å². The van der Waals surface area contributed by atoms with E-state index in [1.54, 1.807) is 48.5 Å². The summed E-state index contributed by atoms with van der Waals surface area (Å²) in [5.74, 6) is -0.256. The summed E-state index contributed by atoms with van der Waals surface area (Å²) in [4.78, 5) is 12.6. The molecular weight excluding hydrogens is 420 g/mol. The smallest absolute Gasteiger partial charge is 0.255 e. The first-order valence-electron chi connectivity index (χ1n) is 9.34. The lowest BCUT2D eigenvalue weighted by Gasteiger charge is -2.23. The van der Waals surface area contributed by atoms with E-state index in [1.165, 1.54) is 4.31 Å². The molecular formula is C23H23ClN2O3S. The van der Waals surface area contributed by atoms with Crippen molar-refractivity contribution >= 4 is 38.9 Å². The summed E-state index contributed by atoms with van der Waals surface area (Å²) in [6.45, 7) is 4.17. The lowest BCUT2D eigenvalue weighted by atomic mass is 10.1. The predicted molar refractivity (Wildman–Crippen MR) is 123 cm³/mol. The minimum atomic E-state index is -3.52. The number of amides is 1. The number of benzene rings is 3. The molecule has 5 nitrogen and oxygen atoms in total. The lowest BCUT2D eigenvalue weighted by Crippen LogP contribution is -2.29. The van der Waals surface area contributed by atoms with Gasteiger partial charge >= 0.3 is 0 Å². The minimum absolute atomic E-state index is 0.171. The third-order valence-electron chi connectivity index (χ3n) is 4.82. The Labute approximate surface area is 182 Å². The molecule has 3 aromatic rings. The van der Waals surface area contributed by atoms with Crippen LogP contribution >= 0.6 is 11.6 Å². The first-order valence-corrected chi connectivity index (χ1v) is 11.6. The van der Waals surface area contributed by atoms with Crippen molar-refractivity contribution in [3.63, 3.8) is 0 Å². The van der Waals surface area contributed by atoms with E-state index < -0.39 is 10.0 Å². The fourth-order valence-electron chi connectivity index (χ4n) is 2.96. The second-order valence-corrected chi connectivity index (χ2v) is 9.54. The Balaban J connectivity index is 1.79. The van der Waals surface area contributed by atoms with Crippen LogP contribution < -0.4 is 9.62 Å². The fourth-order valence-corrected chi connectivity index (χ4v) is 3.97. The Hall–Kier alpha value is -2.83. The standard InChI is InChI=1S/C23H23ClN2O3S/c1-16-4-11-21(14-17(16)2)25-23(27)19-7-12-22(13-8-19)26(30(3,28)29)15-18-5-9-20(24)10-6-18/h4-14H,15H2,1-3H3,(H,25,27). The summed E-state index contributed by atoms with van der Waals surface area (Å²) in [7, 11) is -3.52. The SMILES string of the molecule is Cc1ccc(NC(=O)c2ccc(N(Cc3ccc(Cl)cc3)S(C)(=O)=O)cc2)cc1C. The normalized spacial score (nSPS) is 11.2. The number of sulfonamides is 1. The van der Waals surface area contributed by atoms with Crippen LogP contribution in [0.5, 0.6) is 0 Å². The number of carbonyl (C=O) groups excluding carboxylic acids is 1. The summed E-state index contributed by atoms with van der Waals surface area (Å²) in [5, 5.41) is 3.45. The molecule has 0 aliphatic heterocycles. The van der Waals surface area contributed by atoms with E-state index >= 15 is 0 Å². The quantitative estimate of drug-likeness (QED) is 0.572. The molecule has 1 N–H and O–H groups in total. The van der Waals surface area contributed by atoms with Crippen molar-refractivity contribution in [1.82, 2.24) is 0 Å². The highest BCUT2D eigenvalue weighted by Gasteiger charge is 2.18. The van der Waals surface area contributed by atoms with Crippen molar-refractivity contribution < 1.29 is 13.2 Å². The van der Waals surface area contributed by atoms with Crippen molar-refractivity contribution in [2.75, 3.05) is 15.9 Å². The van der Waals surface area contributed by atoms with Crippen LogP contribution in [0.25, 0.3) is 0 Å². The molecule has 0 aliphatic carbocycles. The Morgan fingerprint density at radius 1 is 0.933 bits per heavy atom. The highest BCUT2D eigenvalue weighted by Crippen LogP contribution is 2.23. The Kier molecular flexibility index (Phi) is 6.48. The molecule has 0 bridgehead atoms. The molecule has 0 aliphatic rings. The molecule has 0 atom stereocenters. The number of nitrogens with zero attached hydrogens (tertiary/aromatic N) is 1. The zero-order valence-electron chi connectivity index (χ0n) is 17.0. The molecule has 0 heterocycles. The highest BCUT2D eigenvalue weighted by molar-refractivity contribution is 7.92. The molecule has 1 amide bonds. The lowest BCUT2D eigenvalue weighted by molar-refractivity contribution is 0.102. The summed E-state index contributed by atoms with van der Waals surface area (Å²) in [5.41, 5.74) is 4.69. The molecule has 0 radical (unpaired) electrons. The topological polar surface area (TPSA) is 66.5 Å². The number of halogens is 1. The number of hydrogen-bond donors (Lipinski definition) is 1. The van der Waals surface area contributed by atoms with Crippen LogP contribution in [0, 0.1) is 13.8 Å². The van der Waals surface area contributed by atoms with Crippen LogP contribution in [0.2, 0.25) is 5.02 Å². The van der Waals surface area contributed by atoms with E-state index in [0.29, 0.717) is 22.0 Å². The first kappa shape index (κ1) is 21.9. The van der Waals surface area contributed by atoms with Crippen LogP contribution in [-0.2, 0) is 16.6 Å². The number of anilines is 2. The van der Waals surface area contributed by atoms with Gasteiger partial charge in [0.1, 0.15) is 0 Å². The van der Waals surface area contributed by atoms with Crippen LogP contribution in [0.15, 0.2) is 66.7 Å². The van der Waals surface area contributed by atoms with Crippen LogP contribution in [0.4, 0.5) is 11.4 Å². The van der Waals surface area contributed by atoms with Crippen LogP contribution in [0.1, 0.15) is 27.0 Å². The molecule has 0 saturated heterocycles. The zero-order valence-corrected chi connectivity index (χ0v) is 18.6. The molecule has 3 aromatic carbocycles. The summed E-state index contributed by atoms with van der Waals surface area (Å²) >= 11 is 5.91. The van der Waals surface area contributed by atoms with Gasteiger partial charge in [0.25, 0.3) is 5.91 Å². The maximum Gasteiger partial charge on any atom is 0.255 e. The van der Waals surface area contributed by atoms with Gasteiger partial charge in [-0.15, -0.1) is 0 Å². The maximum absolute atomic E-state index is 12.6. The van der Waals surface area contributed by atoms with Crippen molar-refractivity contribution in [1.29, 1.82) is 0 Å². The summed E-state index contributed by atoms with van der Waals surface area (Å²) in [6, 6.07) is 19.2. The molecule has 0 unspecified atom stereocenters. The maximum atomic E-state index is 12.6. The predicted octanol–water partition coefficient (Wildman–Crippen LogP) is 5.18. The van der Waals surface area contributed by atoms with Crippen LogP contribution in [0.3, 0.4) is 0 Å². The van der Waals surface area contributed by atoms with E-state index in [9.17, 15) is 13.2 Å². The van der Waals surface area contributed by atoms with Gasteiger partial charge < -0.3 is 5.32 Å². The van der Waals surface area contributed by atoms with Gasteiger partial charge in [-0.05, 0) is 79.1 Å². The monoisotopic (exact) mass is 442 g/mol. The fraction of sp³-hybridized carbons (Fsp3) is 0.174. The van der Waals surface area contributed by atoms with E-state index in [1.807, 2.05) is 32.0 Å². The molecule has 0 aromatic heterocycles. The first-order chi connectivity index (χ1) is 14.1. The van der Waals surface area contributed by atoms with Gasteiger partial charge in [0.2, 0.25) is 10.0 Å². The van der Waals surface area contributed by atoms with Crippen molar-refractivity contribution in [2.24, 2.45) is 0 Å². The van der Waals surface area contributed by atoms with E-state index in [0.717, 1.165) is 22.9 Å². The number of carbonyl (C=O) groups is 1. The summed E-state index contributed by atoms with van der Waals surface area (Å²) < 4.78 is 26.0. The summed E-state index contributed by atoms with van der Waals surface area (Å²) in [6.07, 6.45) is 1.16. The van der Waals surface area contributed by atoms with Gasteiger partial charge in [-0.1, -0.05) is 29.8 Å². The second-order valence-electron chi connectivity index (χ2n) is 7.20. The largest absolute Gasteiger partial charge is 0.322 e. The van der Waals surface area contributed by atoms with Crippen LogP contribution in [-0.4, -0.2) is 20.6 Å². The zero-order chi connectivity index (χ0) is 21.9. The number of hydrogen-bond acceptors (Lipinski definition) is 3. The van der Waals surface area contributed by atoms with Crippen molar-refractivity contribution in [3.05, 3.63) is 94.0 Å². The minimum Gasteiger partial charge on any atom is -0.322 e. The number of rotatable bonds is 6. The average molecular weight is 443 g/mol. The molecule has 0 saturated carbocycles. The molecule has 156 valence electrons. The molecule has 0 fully saturated rings. The van der Waals surface area contributed by atoms with Gasteiger partial charge in [0.05, 0.1) is 18.5 Å². The molecule has 3 rings (SSSR count). The van der Waals surface area contributed by atoms with Gasteiger partial charge in [-0.25, -0.2) is 8.42 Å². The van der Waals surface area contributed by atoms with Gasteiger partial charge in [-0.3, -0.25) is 9.10 Å². The van der Waals surface area contributed by atoms with E-state index in [4.69, 9.17) is 11.6 Å². The Morgan fingerprint density at radius 3 is 2.13 bits per heavy atom. The third-order valence-corrected chi connectivity index (χ3v) is 6.21. The number of nitrogens with one attached hydrogen (secondary N) is 1. The van der Waals surface area contributed by atoms with Gasteiger partial charge in [0.15, 0.2) is 0 Å². The molecule has 0 spiro atoms. The van der Waals surface area contributed by atoms with Crippen molar-refractivity contribution in [3.8, 4) is 0 Å². The highest BCUT2D eigenvalue weighted by atomic mass is 35.5. The van der Waals surface area contributed by atoms with Gasteiger partial charge in [0, 0.05) is 16.3 Å². The van der Waals surface area contributed by atoms with Crippen molar-refractivity contribution in [2.45, 2.75) is 20.4 Å². The molecule has 30 heavy (non-hydrogen) atoms. The third kappa shape index (κ3) is 5.40.